The van der Waals surface area contributed by atoms with E-state index in [0.29, 0.717) is 11.3 Å². The predicted molar refractivity (Wildman–Crippen MR) is 66.2 cm³/mol. The number of hydrogen-bond donors (Lipinski definition) is 1. The maximum atomic E-state index is 13.7. The van der Waals surface area contributed by atoms with E-state index < -0.39 is 18.2 Å². The van der Waals surface area contributed by atoms with Crippen LogP contribution in [0, 0.1) is 6.92 Å². The molecule has 0 fully saturated rings. The smallest absolute Gasteiger partial charge is 0.342 e. The van der Waals surface area contributed by atoms with Crippen LogP contribution in [0.5, 0.6) is 5.75 Å². The van der Waals surface area contributed by atoms with E-state index >= 15 is 0 Å². The SMILES string of the molecule is CCOC(=O)C(F)[C@H](N)c1ccc(OC)c(C)c1. The summed E-state index contributed by atoms with van der Waals surface area (Å²) < 4.78 is 23.4. The van der Waals surface area contributed by atoms with Crippen LogP contribution >= 0.6 is 0 Å². The second kappa shape index (κ2) is 6.35. The lowest BCUT2D eigenvalue weighted by Gasteiger charge is -2.17. The van der Waals surface area contributed by atoms with Crippen LogP contribution in [0.4, 0.5) is 4.39 Å². The molecule has 1 aromatic carbocycles. The Morgan fingerprint density at radius 1 is 1.50 bits per heavy atom. The summed E-state index contributed by atoms with van der Waals surface area (Å²) in [6, 6.07) is 4.01. The maximum Gasteiger partial charge on any atom is 0.342 e. The molecule has 1 aromatic rings. The van der Waals surface area contributed by atoms with Crippen LogP contribution in [-0.2, 0) is 9.53 Å². The zero-order chi connectivity index (χ0) is 13.7. The molecule has 0 aliphatic carbocycles. The van der Waals surface area contributed by atoms with Gasteiger partial charge >= 0.3 is 5.97 Å². The van der Waals surface area contributed by atoms with Gasteiger partial charge in [0.1, 0.15) is 5.75 Å². The molecular formula is C13H18FNO3. The second-order valence-electron chi connectivity index (χ2n) is 3.91. The molecule has 0 radical (unpaired) electrons. The van der Waals surface area contributed by atoms with Crippen molar-refractivity contribution in [2.24, 2.45) is 5.73 Å². The van der Waals surface area contributed by atoms with Crippen molar-refractivity contribution in [3.8, 4) is 5.75 Å². The van der Waals surface area contributed by atoms with Crippen molar-refractivity contribution >= 4 is 5.97 Å². The van der Waals surface area contributed by atoms with Gasteiger partial charge in [0, 0.05) is 0 Å². The highest BCUT2D eigenvalue weighted by Crippen LogP contribution is 2.24. The lowest BCUT2D eigenvalue weighted by Crippen LogP contribution is -2.31. The summed E-state index contributed by atoms with van der Waals surface area (Å²) in [6.07, 6.45) is -1.86. The number of halogens is 1. The third-order valence-corrected chi connectivity index (χ3v) is 2.63. The highest BCUT2D eigenvalue weighted by molar-refractivity contribution is 5.75. The van der Waals surface area contributed by atoms with Crippen LogP contribution < -0.4 is 10.5 Å². The fourth-order valence-electron chi connectivity index (χ4n) is 1.65. The van der Waals surface area contributed by atoms with Gasteiger partial charge < -0.3 is 15.2 Å². The molecule has 0 heterocycles. The van der Waals surface area contributed by atoms with E-state index in [9.17, 15) is 9.18 Å². The van der Waals surface area contributed by atoms with E-state index in [1.165, 1.54) is 0 Å². The van der Waals surface area contributed by atoms with E-state index in [-0.39, 0.29) is 6.61 Å². The van der Waals surface area contributed by atoms with Crippen LogP contribution in [-0.4, -0.2) is 25.9 Å². The van der Waals surface area contributed by atoms with E-state index in [1.54, 1.807) is 32.2 Å². The highest BCUT2D eigenvalue weighted by atomic mass is 19.1. The fourth-order valence-corrected chi connectivity index (χ4v) is 1.65. The topological polar surface area (TPSA) is 61.5 Å². The van der Waals surface area contributed by atoms with Gasteiger partial charge in [0.15, 0.2) is 0 Å². The molecule has 0 aliphatic heterocycles. The van der Waals surface area contributed by atoms with Crippen molar-refractivity contribution < 1.29 is 18.7 Å². The maximum absolute atomic E-state index is 13.7. The number of nitrogens with two attached hydrogens (primary N) is 1. The molecule has 0 bridgehead atoms. The Morgan fingerprint density at radius 3 is 2.67 bits per heavy atom. The number of aryl methyl sites for hydroxylation is 1. The Bertz CT molecular complexity index is 423. The molecule has 2 atom stereocenters. The molecule has 0 saturated heterocycles. The summed E-state index contributed by atoms with van der Waals surface area (Å²) in [7, 11) is 1.55. The summed E-state index contributed by atoms with van der Waals surface area (Å²) in [6.45, 7) is 3.58. The number of alkyl halides is 1. The van der Waals surface area contributed by atoms with Crippen LogP contribution in [0.25, 0.3) is 0 Å². The molecule has 5 heteroatoms. The van der Waals surface area contributed by atoms with Gasteiger partial charge in [0.25, 0.3) is 0 Å². The molecule has 0 aromatic heterocycles. The number of esters is 1. The van der Waals surface area contributed by atoms with Crippen molar-refractivity contribution in [1.29, 1.82) is 0 Å². The van der Waals surface area contributed by atoms with Crippen molar-refractivity contribution in [2.45, 2.75) is 26.1 Å². The van der Waals surface area contributed by atoms with E-state index in [2.05, 4.69) is 4.74 Å². The van der Waals surface area contributed by atoms with Crippen molar-refractivity contribution in [2.75, 3.05) is 13.7 Å². The zero-order valence-electron chi connectivity index (χ0n) is 10.8. The lowest BCUT2D eigenvalue weighted by atomic mass is 10.0. The van der Waals surface area contributed by atoms with Gasteiger partial charge in [0.2, 0.25) is 6.17 Å². The number of benzene rings is 1. The minimum Gasteiger partial charge on any atom is -0.496 e. The number of rotatable bonds is 5. The van der Waals surface area contributed by atoms with E-state index in [1.807, 2.05) is 6.92 Å². The molecule has 0 aliphatic rings. The number of carbonyl (C=O) groups is 1. The predicted octanol–water partition coefficient (Wildman–Crippen LogP) is 1.90. The van der Waals surface area contributed by atoms with Crippen LogP contribution in [0.2, 0.25) is 0 Å². The Morgan fingerprint density at radius 2 is 2.17 bits per heavy atom. The molecule has 18 heavy (non-hydrogen) atoms. The number of methoxy groups -OCH3 is 1. The Labute approximate surface area is 106 Å². The monoisotopic (exact) mass is 255 g/mol. The fraction of sp³-hybridized carbons (Fsp3) is 0.462. The first-order valence-electron chi connectivity index (χ1n) is 5.72. The van der Waals surface area contributed by atoms with Gasteiger partial charge in [-0.15, -0.1) is 0 Å². The van der Waals surface area contributed by atoms with Crippen molar-refractivity contribution in [3.63, 3.8) is 0 Å². The first-order chi connectivity index (χ1) is 8.51. The zero-order valence-corrected chi connectivity index (χ0v) is 10.8. The first-order valence-corrected chi connectivity index (χ1v) is 5.72. The minimum absolute atomic E-state index is 0.133. The largest absolute Gasteiger partial charge is 0.496 e. The summed E-state index contributed by atoms with van der Waals surface area (Å²) in [5.41, 5.74) is 7.08. The Balaban J connectivity index is 2.86. The minimum atomic E-state index is -1.86. The van der Waals surface area contributed by atoms with Crippen LogP contribution in [0.15, 0.2) is 18.2 Å². The normalized spacial score (nSPS) is 13.8. The van der Waals surface area contributed by atoms with Gasteiger partial charge in [-0.25, -0.2) is 9.18 Å². The molecule has 100 valence electrons. The molecule has 0 spiro atoms. The van der Waals surface area contributed by atoms with Gasteiger partial charge in [0.05, 0.1) is 19.8 Å². The Kier molecular flexibility index (Phi) is 5.09. The number of ether oxygens (including phenoxy) is 2. The number of carbonyl (C=O) groups excluding carboxylic acids is 1. The summed E-state index contributed by atoms with van der Waals surface area (Å²) in [4.78, 5) is 11.3. The average Bonchev–Trinajstić information content (AvgIpc) is 2.37. The first kappa shape index (κ1) is 14.4. The second-order valence-corrected chi connectivity index (χ2v) is 3.91. The van der Waals surface area contributed by atoms with Gasteiger partial charge in [-0.2, -0.15) is 0 Å². The number of hydrogen-bond acceptors (Lipinski definition) is 4. The highest BCUT2D eigenvalue weighted by Gasteiger charge is 2.27. The molecule has 2 N–H and O–H groups in total. The molecule has 1 unspecified atom stereocenters. The standard InChI is InChI=1S/C13H18FNO3/c1-4-18-13(16)11(14)12(15)9-5-6-10(17-3)8(2)7-9/h5-7,11-12H,4,15H2,1-3H3/t11?,12-/m1/s1. The van der Waals surface area contributed by atoms with Gasteiger partial charge in [-0.05, 0) is 31.0 Å². The molecular weight excluding hydrogens is 237 g/mol. The summed E-state index contributed by atoms with van der Waals surface area (Å²) in [5, 5.41) is 0. The van der Waals surface area contributed by atoms with Crippen molar-refractivity contribution in [3.05, 3.63) is 29.3 Å². The summed E-state index contributed by atoms with van der Waals surface area (Å²) >= 11 is 0. The molecule has 0 saturated carbocycles. The third kappa shape index (κ3) is 3.20. The van der Waals surface area contributed by atoms with Gasteiger partial charge in [-0.1, -0.05) is 12.1 Å². The third-order valence-electron chi connectivity index (χ3n) is 2.63. The quantitative estimate of drug-likeness (QED) is 0.816. The average molecular weight is 255 g/mol. The van der Waals surface area contributed by atoms with E-state index in [0.717, 1.165) is 5.56 Å². The van der Waals surface area contributed by atoms with E-state index in [4.69, 9.17) is 10.5 Å². The van der Waals surface area contributed by atoms with Crippen LogP contribution in [0.3, 0.4) is 0 Å². The van der Waals surface area contributed by atoms with Crippen LogP contribution in [0.1, 0.15) is 24.1 Å². The molecule has 1 rings (SSSR count). The van der Waals surface area contributed by atoms with Crippen molar-refractivity contribution in [1.82, 2.24) is 0 Å². The Hall–Kier alpha value is -1.62. The van der Waals surface area contributed by atoms with Gasteiger partial charge in [-0.3, -0.25) is 0 Å². The summed E-state index contributed by atoms with van der Waals surface area (Å²) in [5.74, 6) is -0.240. The lowest BCUT2D eigenvalue weighted by molar-refractivity contribution is -0.149. The molecule has 0 amide bonds. The molecule has 4 nitrogen and oxygen atoms in total.